The van der Waals surface area contributed by atoms with Gasteiger partial charge in [0, 0.05) is 12.1 Å². The minimum atomic E-state index is -0.381. The number of rotatable bonds is 8. The Labute approximate surface area is 160 Å². The summed E-state index contributed by atoms with van der Waals surface area (Å²) in [6.45, 7) is 6.67. The predicted octanol–water partition coefficient (Wildman–Crippen LogP) is 3.81. The smallest absolute Gasteiger partial charge is 0.258 e. The summed E-state index contributed by atoms with van der Waals surface area (Å²) >= 11 is 4.00. The van der Waals surface area contributed by atoms with E-state index >= 15 is 0 Å². The highest BCUT2D eigenvalue weighted by Crippen LogP contribution is 2.43. The summed E-state index contributed by atoms with van der Waals surface area (Å²) in [7, 11) is 0. The molecule has 0 aromatic heterocycles. The van der Waals surface area contributed by atoms with Gasteiger partial charge in [-0.25, -0.2) is 0 Å². The summed E-state index contributed by atoms with van der Waals surface area (Å²) in [5.41, 5.74) is 6.78. The second kappa shape index (κ2) is 9.74. The van der Waals surface area contributed by atoms with E-state index in [0.717, 1.165) is 12.2 Å². The van der Waals surface area contributed by atoms with Gasteiger partial charge >= 0.3 is 0 Å². The van der Waals surface area contributed by atoms with Crippen LogP contribution in [-0.2, 0) is 4.79 Å². The SMILES string of the molecule is CC(C)CC(C)(CN)NC(=O)COc1ccc(C2SCCCS2)cc1. The monoisotopic (exact) mass is 382 g/mol. The van der Waals surface area contributed by atoms with Gasteiger partial charge in [-0.1, -0.05) is 26.0 Å². The molecule has 1 atom stereocenters. The number of amides is 1. The van der Waals surface area contributed by atoms with Crippen molar-refractivity contribution in [1.82, 2.24) is 5.32 Å². The number of nitrogens with one attached hydrogen (secondary N) is 1. The van der Waals surface area contributed by atoms with E-state index < -0.39 is 0 Å². The van der Waals surface area contributed by atoms with Gasteiger partial charge in [0.15, 0.2) is 6.61 Å². The van der Waals surface area contributed by atoms with Gasteiger partial charge in [0.25, 0.3) is 5.91 Å². The fourth-order valence-electron chi connectivity index (χ4n) is 3.01. The van der Waals surface area contributed by atoms with Crippen molar-refractivity contribution < 1.29 is 9.53 Å². The maximum atomic E-state index is 12.2. The summed E-state index contributed by atoms with van der Waals surface area (Å²) in [6.07, 6.45) is 2.14. The van der Waals surface area contributed by atoms with Crippen molar-refractivity contribution in [3.05, 3.63) is 29.8 Å². The molecule has 1 fully saturated rings. The Morgan fingerprint density at radius 1 is 1.32 bits per heavy atom. The van der Waals surface area contributed by atoms with Crippen LogP contribution in [-0.4, -0.2) is 36.1 Å². The van der Waals surface area contributed by atoms with Crippen molar-refractivity contribution in [2.24, 2.45) is 11.7 Å². The zero-order chi connectivity index (χ0) is 18.3. The third-order valence-corrected chi connectivity index (χ3v) is 7.11. The van der Waals surface area contributed by atoms with Crippen molar-refractivity contribution in [3.63, 3.8) is 0 Å². The topological polar surface area (TPSA) is 64.3 Å². The normalized spacial score (nSPS) is 18.0. The number of carbonyl (C=O) groups excluding carboxylic acids is 1. The highest BCUT2D eigenvalue weighted by molar-refractivity contribution is 8.16. The Morgan fingerprint density at radius 3 is 2.52 bits per heavy atom. The van der Waals surface area contributed by atoms with Crippen LogP contribution in [0.4, 0.5) is 0 Å². The van der Waals surface area contributed by atoms with Gasteiger partial charge in [-0.2, -0.15) is 0 Å². The van der Waals surface area contributed by atoms with Gasteiger partial charge in [-0.05, 0) is 54.9 Å². The van der Waals surface area contributed by atoms with Crippen LogP contribution in [0.25, 0.3) is 0 Å². The van der Waals surface area contributed by atoms with Crippen LogP contribution >= 0.6 is 23.5 Å². The number of hydrogen-bond donors (Lipinski definition) is 2. The van der Waals surface area contributed by atoms with E-state index in [1.54, 1.807) is 0 Å². The largest absolute Gasteiger partial charge is 0.484 e. The van der Waals surface area contributed by atoms with E-state index in [2.05, 4.69) is 31.3 Å². The molecule has 2 rings (SSSR count). The minimum absolute atomic E-state index is 0.0138. The maximum absolute atomic E-state index is 12.2. The lowest BCUT2D eigenvalue weighted by atomic mass is 9.91. The quantitative estimate of drug-likeness (QED) is 0.716. The molecule has 0 bridgehead atoms. The first-order chi connectivity index (χ1) is 11.9. The van der Waals surface area contributed by atoms with Crippen molar-refractivity contribution in [3.8, 4) is 5.75 Å². The van der Waals surface area contributed by atoms with E-state index in [4.69, 9.17) is 10.5 Å². The molecule has 4 nitrogen and oxygen atoms in total. The second-order valence-corrected chi connectivity index (χ2v) is 9.92. The zero-order valence-corrected chi connectivity index (χ0v) is 17.1. The van der Waals surface area contributed by atoms with Gasteiger partial charge in [-0.3, -0.25) is 4.79 Å². The molecular formula is C19H30N2O2S2. The third kappa shape index (κ3) is 6.76. The first-order valence-corrected chi connectivity index (χ1v) is 11.0. The second-order valence-electron chi connectivity index (χ2n) is 7.20. The molecule has 0 radical (unpaired) electrons. The zero-order valence-electron chi connectivity index (χ0n) is 15.4. The molecule has 140 valence electrons. The Morgan fingerprint density at radius 2 is 1.96 bits per heavy atom. The van der Waals surface area contributed by atoms with E-state index in [-0.39, 0.29) is 18.1 Å². The fourth-order valence-corrected chi connectivity index (χ4v) is 5.90. The van der Waals surface area contributed by atoms with Gasteiger partial charge in [0.05, 0.1) is 4.58 Å². The molecule has 1 saturated heterocycles. The Bertz CT molecular complexity index is 545. The van der Waals surface area contributed by atoms with E-state index in [1.165, 1.54) is 23.5 Å². The molecule has 1 unspecified atom stereocenters. The molecule has 0 saturated carbocycles. The highest BCUT2D eigenvalue weighted by Gasteiger charge is 2.26. The molecule has 3 N–H and O–H groups in total. The number of hydrogen-bond acceptors (Lipinski definition) is 5. The lowest BCUT2D eigenvalue weighted by Gasteiger charge is -2.31. The third-order valence-electron chi connectivity index (χ3n) is 4.10. The van der Waals surface area contributed by atoms with Gasteiger partial charge < -0.3 is 15.8 Å². The summed E-state index contributed by atoms with van der Waals surface area (Å²) in [5.74, 6) is 3.52. The van der Waals surface area contributed by atoms with Crippen LogP contribution in [0.2, 0.25) is 0 Å². The molecule has 1 heterocycles. The molecule has 1 amide bonds. The van der Waals surface area contributed by atoms with Crippen LogP contribution in [0, 0.1) is 5.92 Å². The molecule has 1 aliphatic rings. The predicted molar refractivity (Wildman–Crippen MR) is 109 cm³/mol. The number of carbonyl (C=O) groups is 1. The van der Waals surface area contributed by atoms with E-state index in [9.17, 15) is 4.79 Å². The van der Waals surface area contributed by atoms with Crippen LogP contribution in [0.15, 0.2) is 24.3 Å². The number of thioether (sulfide) groups is 2. The van der Waals surface area contributed by atoms with Gasteiger partial charge in [0.1, 0.15) is 5.75 Å². The van der Waals surface area contributed by atoms with Crippen molar-refractivity contribution in [1.29, 1.82) is 0 Å². The molecule has 25 heavy (non-hydrogen) atoms. The standard InChI is InChI=1S/C19H30N2O2S2/c1-14(2)11-19(3,13-20)21-17(22)12-23-16-7-5-15(6-8-16)18-24-9-4-10-25-18/h5-8,14,18H,4,9-13,20H2,1-3H3,(H,21,22). The molecule has 1 aliphatic heterocycles. The summed E-state index contributed by atoms with van der Waals surface area (Å²) in [4.78, 5) is 12.2. The lowest BCUT2D eigenvalue weighted by Crippen LogP contribution is -2.53. The summed E-state index contributed by atoms with van der Waals surface area (Å²) in [5, 5.41) is 3.01. The molecule has 0 aliphatic carbocycles. The van der Waals surface area contributed by atoms with Crippen molar-refractivity contribution >= 4 is 29.4 Å². The number of benzene rings is 1. The van der Waals surface area contributed by atoms with Gasteiger partial charge in [-0.15, -0.1) is 23.5 Å². The molecule has 1 aromatic carbocycles. The van der Waals surface area contributed by atoms with Crippen LogP contribution in [0.5, 0.6) is 5.75 Å². The Balaban J connectivity index is 1.82. The van der Waals surface area contributed by atoms with E-state index in [0.29, 0.717) is 17.0 Å². The number of nitrogens with two attached hydrogens (primary N) is 1. The molecule has 1 aromatic rings. The first kappa shape index (κ1) is 20.5. The first-order valence-electron chi connectivity index (χ1n) is 8.89. The highest BCUT2D eigenvalue weighted by atomic mass is 32.2. The van der Waals surface area contributed by atoms with Gasteiger partial charge in [0.2, 0.25) is 0 Å². The Hall–Kier alpha value is -0.850. The minimum Gasteiger partial charge on any atom is -0.484 e. The van der Waals surface area contributed by atoms with Crippen LogP contribution < -0.4 is 15.8 Å². The summed E-state index contributed by atoms with van der Waals surface area (Å²) in [6, 6.07) is 8.11. The van der Waals surface area contributed by atoms with Crippen molar-refractivity contribution in [2.45, 2.75) is 43.7 Å². The van der Waals surface area contributed by atoms with Crippen LogP contribution in [0.3, 0.4) is 0 Å². The molecule has 0 spiro atoms. The molecule has 6 heteroatoms. The molecular weight excluding hydrogens is 352 g/mol. The Kier molecular flexibility index (Phi) is 7.97. The average molecular weight is 383 g/mol. The maximum Gasteiger partial charge on any atom is 0.258 e. The van der Waals surface area contributed by atoms with Crippen LogP contribution in [0.1, 0.15) is 43.8 Å². The van der Waals surface area contributed by atoms with Crippen molar-refractivity contribution in [2.75, 3.05) is 24.7 Å². The van der Waals surface area contributed by atoms with E-state index in [1.807, 2.05) is 42.6 Å². The lowest BCUT2D eigenvalue weighted by molar-refractivity contribution is -0.125. The average Bonchev–Trinajstić information content (AvgIpc) is 2.60. The summed E-state index contributed by atoms with van der Waals surface area (Å²) < 4.78 is 6.16. The fraction of sp³-hybridized carbons (Fsp3) is 0.632. The number of ether oxygens (including phenoxy) is 1.